The standard InChI is InChI=1S/C15H22BrNO3/c1-5-17-10(2)12-7-6-11(16)8-13(12)20-9-15(3,4)14(18)19/h6-8,10,17H,5,9H2,1-4H3,(H,18,19). The Bertz CT molecular complexity index is 474. The summed E-state index contributed by atoms with van der Waals surface area (Å²) in [6.45, 7) is 8.40. The molecule has 0 aliphatic heterocycles. The van der Waals surface area contributed by atoms with Crippen molar-refractivity contribution in [3.63, 3.8) is 0 Å². The summed E-state index contributed by atoms with van der Waals surface area (Å²) in [5, 5.41) is 12.5. The Kier molecular flexibility index (Phi) is 6.02. The molecule has 0 radical (unpaired) electrons. The lowest BCUT2D eigenvalue weighted by Gasteiger charge is -2.23. The van der Waals surface area contributed by atoms with Gasteiger partial charge in [0.2, 0.25) is 0 Å². The predicted molar refractivity (Wildman–Crippen MR) is 83.1 cm³/mol. The maximum Gasteiger partial charge on any atom is 0.312 e. The molecule has 1 unspecified atom stereocenters. The van der Waals surface area contributed by atoms with Gasteiger partial charge in [-0.3, -0.25) is 4.79 Å². The van der Waals surface area contributed by atoms with E-state index in [0.717, 1.165) is 16.6 Å². The number of carboxylic acids is 1. The lowest BCUT2D eigenvalue weighted by Crippen LogP contribution is -2.31. The van der Waals surface area contributed by atoms with Gasteiger partial charge >= 0.3 is 5.97 Å². The lowest BCUT2D eigenvalue weighted by atomic mass is 9.95. The largest absolute Gasteiger partial charge is 0.492 e. The molecule has 4 nitrogen and oxygen atoms in total. The fourth-order valence-corrected chi connectivity index (χ4v) is 2.07. The Labute approximate surface area is 128 Å². The number of hydrogen-bond acceptors (Lipinski definition) is 3. The van der Waals surface area contributed by atoms with Crippen LogP contribution in [0.1, 0.15) is 39.3 Å². The van der Waals surface area contributed by atoms with Crippen molar-refractivity contribution in [3.8, 4) is 5.75 Å². The van der Waals surface area contributed by atoms with Crippen LogP contribution in [0, 0.1) is 5.41 Å². The maximum atomic E-state index is 11.1. The van der Waals surface area contributed by atoms with Crippen molar-refractivity contribution in [2.45, 2.75) is 33.7 Å². The molecule has 0 spiro atoms. The Morgan fingerprint density at radius 3 is 2.70 bits per heavy atom. The quantitative estimate of drug-likeness (QED) is 0.793. The van der Waals surface area contributed by atoms with Crippen LogP contribution in [0.2, 0.25) is 0 Å². The molecule has 0 fully saturated rings. The van der Waals surface area contributed by atoms with E-state index < -0.39 is 11.4 Å². The first-order chi connectivity index (χ1) is 9.27. The zero-order valence-corrected chi connectivity index (χ0v) is 14.0. The summed E-state index contributed by atoms with van der Waals surface area (Å²) in [5.74, 6) is -0.157. The van der Waals surface area contributed by atoms with Crippen LogP contribution in [0.25, 0.3) is 0 Å². The minimum atomic E-state index is -0.916. The fourth-order valence-electron chi connectivity index (χ4n) is 1.73. The molecule has 20 heavy (non-hydrogen) atoms. The Morgan fingerprint density at radius 2 is 2.15 bits per heavy atom. The van der Waals surface area contributed by atoms with Crippen molar-refractivity contribution in [1.82, 2.24) is 5.32 Å². The van der Waals surface area contributed by atoms with Crippen molar-refractivity contribution < 1.29 is 14.6 Å². The zero-order chi connectivity index (χ0) is 15.3. The summed E-state index contributed by atoms with van der Waals surface area (Å²) in [6.07, 6.45) is 0. The molecule has 0 aliphatic carbocycles. The lowest BCUT2D eigenvalue weighted by molar-refractivity contribution is -0.148. The third-order valence-corrected chi connectivity index (χ3v) is 3.61. The zero-order valence-electron chi connectivity index (χ0n) is 12.4. The van der Waals surface area contributed by atoms with Crippen molar-refractivity contribution in [3.05, 3.63) is 28.2 Å². The van der Waals surface area contributed by atoms with E-state index in [1.807, 2.05) is 25.1 Å². The summed E-state index contributed by atoms with van der Waals surface area (Å²) in [4.78, 5) is 11.1. The molecule has 5 heteroatoms. The van der Waals surface area contributed by atoms with E-state index >= 15 is 0 Å². The minimum absolute atomic E-state index is 0.130. The molecule has 0 bridgehead atoms. The molecular weight excluding hydrogens is 322 g/mol. The molecule has 0 aliphatic rings. The van der Waals surface area contributed by atoms with Gasteiger partial charge in [-0.25, -0.2) is 0 Å². The molecule has 1 rings (SSSR count). The van der Waals surface area contributed by atoms with E-state index in [9.17, 15) is 4.79 Å². The van der Waals surface area contributed by atoms with Crippen molar-refractivity contribution in [2.24, 2.45) is 5.41 Å². The Morgan fingerprint density at radius 1 is 1.50 bits per heavy atom. The van der Waals surface area contributed by atoms with Gasteiger partial charge in [0.05, 0.1) is 5.41 Å². The van der Waals surface area contributed by atoms with Crippen molar-refractivity contribution >= 4 is 21.9 Å². The molecule has 1 aromatic carbocycles. The molecule has 0 amide bonds. The summed E-state index contributed by atoms with van der Waals surface area (Å²) in [5.41, 5.74) is 0.109. The predicted octanol–water partition coefficient (Wildman–Crippen LogP) is 3.61. The minimum Gasteiger partial charge on any atom is -0.492 e. The van der Waals surface area contributed by atoms with E-state index in [4.69, 9.17) is 9.84 Å². The first kappa shape index (κ1) is 17.0. The van der Waals surface area contributed by atoms with Crippen LogP contribution < -0.4 is 10.1 Å². The number of aliphatic carboxylic acids is 1. The van der Waals surface area contributed by atoms with Gasteiger partial charge in [-0.2, -0.15) is 0 Å². The highest BCUT2D eigenvalue weighted by atomic mass is 79.9. The second kappa shape index (κ2) is 7.09. The molecule has 0 aromatic heterocycles. The summed E-state index contributed by atoms with van der Waals surface area (Å²) >= 11 is 3.42. The average Bonchev–Trinajstić information content (AvgIpc) is 2.36. The molecule has 0 saturated heterocycles. The third-order valence-electron chi connectivity index (χ3n) is 3.12. The van der Waals surface area contributed by atoms with Crippen LogP contribution in [-0.4, -0.2) is 24.2 Å². The van der Waals surface area contributed by atoms with Crippen molar-refractivity contribution in [1.29, 1.82) is 0 Å². The molecule has 0 heterocycles. The Balaban J connectivity index is 2.93. The van der Waals surface area contributed by atoms with E-state index in [-0.39, 0.29) is 12.6 Å². The highest BCUT2D eigenvalue weighted by molar-refractivity contribution is 9.10. The molecule has 2 N–H and O–H groups in total. The van der Waals surface area contributed by atoms with Crippen LogP contribution in [-0.2, 0) is 4.79 Å². The molecule has 112 valence electrons. The highest BCUT2D eigenvalue weighted by Crippen LogP contribution is 2.30. The third kappa shape index (κ3) is 4.49. The second-order valence-electron chi connectivity index (χ2n) is 5.44. The summed E-state index contributed by atoms with van der Waals surface area (Å²) in [7, 11) is 0. The molecule has 0 saturated carbocycles. The molecular formula is C15H22BrNO3. The fraction of sp³-hybridized carbons (Fsp3) is 0.533. The molecule has 1 atom stereocenters. The molecule has 1 aromatic rings. The number of carboxylic acid groups (broad SMARTS) is 1. The van der Waals surface area contributed by atoms with Crippen LogP contribution in [0.3, 0.4) is 0 Å². The first-order valence-corrected chi connectivity index (χ1v) is 7.46. The van der Waals surface area contributed by atoms with E-state index in [1.54, 1.807) is 13.8 Å². The van der Waals surface area contributed by atoms with Crippen molar-refractivity contribution in [2.75, 3.05) is 13.2 Å². The van der Waals surface area contributed by atoms with Gasteiger partial charge in [0.15, 0.2) is 0 Å². The number of ether oxygens (including phenoxy) is 1. The number of carbonyl (C=O) groups is 1. The summed E-state index contributed by atoms with van der Waals surface area (Å²) < 4.78 is 6.67. The SMILES string of the molecule is CCNC(C)c1ccc(Br)cc1OCC(C)(C)C(=O)O. The number of nitrogens with one attached hydrogen (secondary N) is 1. The van der Waals surface area contributed by atoms with Gasteiger partial charge in [-0.15, -0.1) is 0 Å². The number of rotatable bonds is 7. The van der Waals surface area contributed by atoms with Gasteiger partial charge in [0, 0.05) is 16.1 Å². The van der Waals surface area contributed by atoms with E-state index in [0.29, 0.717) is 5.75 Å². The van der Waals surface area contributed by atoms with E-state index in [1.165, 1.54) is 0 Å². The van der Waals surface area contributed by atoms with Gasteiger partial charge in [-0.1, -0.05) is 28.9 Å². The Hall–Kier alpha value is -1.07. The second-order valence-corrected chi connectivity index (χ2v) is 6.35. The maximum absolute atomic E-state index is 11.1. The highest BCUT2D eigenvalue weighted by Gasteiger charge is 2.28. The number of benzene rings is 1. The normalized spacial score (nSPS) is 13.1. The van der Waals surface area contributed by atoms with Crippen LogP contribution >= 0.6 is 15.9 Å². The first-order valence-electron chi connectivity index (χ1n) is 6.67. The monoisotopic (exact) mass is 343 g/mol. The van der Waals surface area contributed by atoms with Gasteiger partial charge in [0.1, 0.15) is 12.4 Å². The van der Waals surface area contributed by atoms with Crippen LogP contribution in [0.15, 0.2) is 22.7 Å². The smallest absolute Gasteiger partial charge is 0.312 e. The summed E-state index contributed by atoms with van der Waals surface area (Å²) in [6, 6.07) is 5.97. The van der Waals surface area contributed by atoms with E-state index in [2.05, 4.69) is 28.2 Å². The van der Waals surface area contributed by atoms with Gasteiger partial charge < -0.3 is 15.2 Å². The number of hydrogen-bond donors (Lipinski definition) is 2. The topological polar surface area (TPSA) is 58.6 Å². The van der Waals surface area contributed by atoms with Gasteiger partial charge in [-0.05, 0) is 39.4 Å². The van der Waals surface area contributed by atoms with Crippen LogP contribution in [0.5, 0.6) is 5.75 Å². The average molecular weight is 344 g/mol. The van der Waals surface area contributed by atoms with Crippen LogP contribution in [0.4, 0.5) is 0 Å². The number of halogens is 1. The van der Waals surface area contributed by atoms with Gasteiger partial charge in [0.25, 0.3) is 0 Å².